The van der Waals surface area contributed by atoms with Crippen molar-refractivity contribution in [3.63, 3.8) is 0 Å². The van der Waals surface area contributed by atoms with Crippen LogP contribution in [-0.4, -0.2) is 16.7 Å². The Morgan fingerprint density at radius 2 is 1.83 bits per heavy atom. The number of hydrogen-bond acceptors (Lipinski definition) is 3. The molecule has 2 N–H and O–H groups in total. The van der Waals surface area contributed by atoms with Crippen LogP contribution in [0.25, 0.3) is 0 Å². The van der Waals surface area contributed by atoms with Crippen molar-refractivity contribution >= 4 is 40.4 Å². The van der Waals surface area contributed by atoms with E-state index in [1.165, 1.54) is 0 Å². The third-order valence-corrected chi connectivity index (χ3v) is 2.23. The van der Waals surface area contributed by atoms with Crippen LogP contribution in [0.2, 0.25) is 0 Å². The summed E-state index contributed by atoms with van der Waals surface area (Å²) in [6.07, 6.45) is -2.93. The summed E-state index contributed by atoms with van der Waals surface area (Å²) in [7, 11) is 0. The highest BCUT2D eigenvalue weighted by Crippen LogP contribution is 2.51. The molecule has 0 unspecified atom stereocenters. The van der Waals surface area contributed by atoms with Crippen molar-refractivity contribution in [1.82, 2.24) is 5.32 Å². The molecule has 5 nitrogen and oxygen atoms in total. The topological polar surface area (TPSA) is 83.5 Å². The third kappa shape index (κ3) is 4.10. The van der Waals surface area contributed by atoms with Gasteiger partial charge in [0.2, 0.25) is 0 Å². The zero-order valence-electron chi connectivity index (χ0n) is 9.31. The van der Waals surface area contributed by atoms with E-state index in [0.29, 0.717) is 11.1 Å². The second-order valence-corrected chi connectivity index (χ2v) is 7.55. The number of aryl methyl sites for hydroxylation is 1. The molecule has 0 bridgehead atoms. The van der Waals surface area contributed by atoms with Gasteiger partial charge in [-0.1, -0.05) is 19.1 Å². The SMILES string of the molecule is CCc1cccc2c1C(=O)NC2=O.O=P(O)(Cl)Cl. The van der Waals surface area contributed by atoms with Crippen LogP contribution in [0.1, 0.15) is 33.2 Å². The first-order valence-electron chi connectivity index (χ1n) is 4.93. The first-order chi connectivity index (χ1) is 8.24. The predicted octanol–water partition coefficient (Wildman–Crippen LogP) is 2.70. The first kappa shape index (κ1) is 15.2. The number of nitrogens with one attached hydrogen (secondary N) is 1. The van der Waals surface area contributed by atoms with Crippen LogP contribution >= 0.6 is 28.6 Å². The van der Waals surface area contributed by atoms with E-state index in [9.17, 15) is 14.2 Å². The summed E-state index contributed by atoms with van der Waals surface area (Å²) in [6.45, 7) is 1.96. The molecule has 0 spiro atoms. The largest absolute Gasteiger partial charge is 0.377 e. The molecule has 0 atom stereocenters. The van der Waals surface area contributed by atoms with Gasteiger partial charge in [0, 0.05) is 0 Å². The summed E-state index contributed by atoms with van der Waals surface area (Å²) in [6, 6.07) is 5.35. The fourth-order valence-electron chi connectivity index (χ4n) is 1.59. The molecule has 1 heterocycles. The van der Waals surface area contributed by atoms with Gasteiger partial charge in [0.25, 0.3) is 11.8 Å². The minimum Gasteiger partial charge on any atom is -0.322 e. The number of rotatable bonds is 1. The summed E-state index contributed by atoms with van der Waals surface area (Å²) < 4.78 is 9.30. The predicted molar refractivity (Wildman–Crippen MR) is 69.1 cm³/mol. The van der Waals surface area contributed by atoms with Crippen LogP contribution in [0.5, 0.6) is 0 Å². The lowest BCUT2D eigenvalue weighted by Crippen LogP contribution is -2.20. The molecule has 0 saturated heterocycles. The molecule has 2 amide bonds. The number of carbonyl (C=O) groups is 2. The number of fused-ring (bicyclic) bond motifs is 1. The van der Waals surface area contributed by atoms with Gasteiger partial charge in [0.05, 0.1) is 11.1 Å². The fraction of sp³-hybridized carbons (Fsp3) is 0.200. The summed E-state index contributed by atoms with van der Waals surface area (Å²) in [5.41, 5.74) is 1.99. The zero-order chi connectivity index (χ0) is 13.9. The molecule has 0 aliphatic carbocycles. The average molecular weight is 310 g/mol. The quantitative estimate of drug-likeness (QED) is 0.617. The zero-order valence-corrected chi connectivity index (χ0v) is 11.7. The summed E-state index contributed by atoms with van der Waals surface area (Å²) in [5, 5.41) is 2.28. The lowest BCUT2D eigenvalue weighted by molar-refractivity contribution is 0.0879. The van der Waals surface area contributed by atoms with Crippen LogP contribution < -0.4 is 5.32 Å². The Labute approximate surface area is 113 Å². The van der Waals surface area contributed by atoms with Crippen molar-refractivity contribution in [3.05, 3.63) is 34.9 Å². The second kappa shape index (κ2) is 5.85. The van der Waals surface area contributed by atoms with Gasteiger partial charge in [0.15, 0.2) is 0 Å². The smallest absolute Gasteiger partial charge is 0.322 e. The maximum absolute atomic E-state index is 11.3. The Balaban J connectivity index is 0.000000280. The highest BCUT2D eigenvalue weighted by Gasteiger charge is 2.28. The van der Waals surface area contributed by atoms with Gasteiger partial charge in [-0.3, -0.25) is 19.5 Å². The molecule has 2 rings (SSSR count). The first-order valence-corrected chi connectivity index (χ1v) is 8.40. The van der Waals surface area contributed by atoms with E-state index in [4.69, 9.17) is 4.89 Å². The van der Waals surface area contributed by atoms with Crippen LogP contribution in [0.3, 0.4) is 0 Å². The van der Waals surface area contributed by atoms with Crippen LogP contribution in [0.15, 0.2) is 18.2 Å². The summed E-state index contributed by atoms with van der Waals surface area (Å²) >= 11 is 8.81. The van der Waals surface area contributed by atoms with Crippen molar-refractivity contribution in [1.29, 1.82) is 0 Å². The van der Waals surface area contributed by atoms with Crippen molar-refractivity contribution in [2.24, 2.45) is 0 Å². The van der Waals surface area contributed by atoms with Crippen LogP contribution in [0, 0.1) is 0 Å². The fourth-order valence-corrected chi connectivity index (χ4v) is 1.59. The highest BCUT2D eigenvalue weighted by molar-refractivity contribution is 8.04. The molecule has 0 radical (unpaired) electrons. The van der Waals surface area contributed by atoms with E-state index >= 15 is 0 Å². The molecule has 1 aliphatic rings. The van der Waals surface area contributed by atoms with Crippen molar-refractivity contribution in [2.45, 2.75) is 13.3 Å². The monoisotopic (exact) mass is 309 g/mol. The van der Waals surface area contributed by atoms with Gasteiger partial charge in [-0.15, -0.1) is 0 Å². The Hall–Kier alpha value is -0.870. The second-order valence-electron chi connectivity index (χ2n) is 3.41. The maximum atomic E-state index is 11.3. The average Bonchev–Trinajstić information content (AvgIpc) is 2.52. The summed E-state index contributed by atoms with van der Waals surface area (Å²) in [4.78, 5) is 30.1. The van der Waals surface area contributed by atoms with Crippen molar-refractivity contribution in [2.75, 3.05) is 0 Å². The number of carbonyl (C=O) groups excluding carboxylic acids is 2. The highest BCUT2D eigenvalue weighted by atomic mass is 35.9. The molecular formula is C10H10Cl2NO4P. The molecule has 18 heavy (non-hydrogen) atoms. The third-order valence-electron chi connectivity index (χ3n) is 2.23. The maximum Gasteiger partial charge on any atom is 0.377 e. The van der Waals surface area contributed by atoms with Gasteiger partial charge >= 0.3 is 6.07 Å². The molecule has 98 valence electrons. The van der Waals surface area contributed by atoms with E-state index in [1.54, 1.807) is 12.1 Å². The van der Waals surface area contributed by atoms with Crippen molar-refractivity contribution in [3.8, 4) is 0 Å². The molecule has 1 aliphatic heterocycles. The Morgan fingerprint density at radius 1 is 1.28 bits per heavy atom. The Bertz CT molecular complexity index is 532. The van der Waals surface area contributed by atoms with Gasteiger partial charge < -0.3 is 4.89 Å². The lowest BCUT2D eigenvalue weighted by atomic mass is 10.0. The van der Waals surface area contributed by atoms with Crippen LogP contribution in [0.4, 0.5) is 0 Å². The number of amides is 2. The number of benzene rings is 1. The molecule has 1 aromatic rings. The van der Waals surface area contributed by atoms with Gasteiger partial charge in [-0.25, -0.2) is 0 Å². The standard InChI is InChI=1S/C10H9NO2.Cl2HO2P/c1-2-6-4-3-5-7-8(6)10(13)11-9(7)12;1-5(2,3)4/h3-5H,2H2,1H3,(H,11,12,13);(H,3,4). The minimum atomic E-state index is -3.69. The van der Waals surface area contributed by atoms with E-state index < -0.39 is 6.07 Å². The van der Waals surface area contributed by atoms with Gasteiger partial charge in [-0.2, -0.15) is 0 Å². The molecule has 8 heteroatoms. The summed E-state index contributed by atoms with van der Waals surface area (Å²) in [5.74, 6) is -0.548. The van der Waals surface area contributed by atoms with E-state index in [-0.39, 0.29) is 11.8 Å². The molecular weight excluding hydrogens is 300 g/mol. The van der Waals surface area contributed by atoms with Crippen LogP contribution in [-0.2, 0) is 11.0 Å². The molecule has 1 aromatic carbocycles. The number of hydrogen-bond donors (Lipinski definition) is 2. The Kier molecular flexibility index (Phi) is 4.93. The Morgan fingerprint density at radius 3 is 2.33 bits per heavy atom. The van der Waals surface area contributed by atoms with E-state index in [1.807, 2.05) is 13.0 Å². The number of imide groups is 1. The van der Waals surface area contributed by atoms with Gasteiger partial charge in [0.1, 0.15) is 0 Å². The number of halogens is 2. The van der Waals surface area contributed by atoms with E-state index in [0.717, 1.165) is 12.0 Å². The lowest BCUT2D eigenvalue weighted by Gasteiger charge is -2.00. The normalized spacial score (nSPS) is 13.6. The molecule has 0 fully saturated rings. The molecule has 0 aromatic heterocycles. The van der Waals surface area contributed by atoms with E-state index in [2.05, 4.69) is 27.8 Å². The van der Waals surface area contributed by atoms with Gasteiger partial charge in [-0.05, 0) is 40.5 Å². The molecule has 0 saturated carbocycles. The van der Waals surface area contributed by atoms with Crippen molar-refractivity contribution < 1.29 is 19.0 Å². The minimum absolute atomic E-state index is 0.266.